The molecule has 0 bridgehead atoms. The first-order valence-electron chi connectivity index (χ1n) is 9.89. The van der Waals surface area contributed by atoms with E-state index >= 15 is 0 Å². The van der Waals surface area contributed by atoms with E-state index in [1.807, 2.05) is 35.1 Å². The van der Waals surface area contributed by atoms with Gasteiger partial charge in [-0.3, -0.25) is 0 Å². The summed E-state index contributed by atoms with van der Waals surface area (Å²) in [5, 5.41) is 17.1. The molecule has 0 N–H and O–H groups in total. The van der Waals surface area contributed by atoms with Crippen LogP contribution in [0.1, 0.15) is 43.5 Å². The summed E-state index contributed by atoms with van der Waals surface area (Å²) < 4.78 is 9.36. The molecule has 0 spiro atoms. The zero-order valence-corrected chi connectivity index (χ0v) is 16.4. The second-order valence-corrected chi connectivity index (χ2v) is 7.79. The lowest BCUT2D eigenvalue weighted by molar-refractivity contribution is 0.335. The maximum Gasteiger partial charge on any atom is 0.230 e. The molecule has 1 atom stereocenters. The van der Waals surface area contributed by atoms with Crippen molar-refractivity contribution in [3.63, 3.8) is 0 Å². The Morgan fingerprint density at radius 1 is 1.21 bits per heavy atom. The van der Waals surface area contributed by atoms with Gasteiger partial charge in [0.2, 0.25) is 11.7 Å². The van der Waals surface area contributed by atoms with Gasteiger partial charge in [-0.15, -0.1) is 5.10 Å². The second-order valence-electron chi connectivity index (χ2n) is 7.79. The summed E-state index contributed by atoms with van der Waals surface area (Å²) in [5.41, 5.74) is 2.94. The maximum atomic E-state index is 5.63. The van der Waals surface area contributed by atoms with Gasteiger partial charge in [-0.25, -0.2) is 14.3 Å². The van der Waals surface area contributed by atoms with Crippen LogP contribution in [-0.4, -0.2) is 39.9 Å². The Morgan fingerprint density at radius 2 is 2.14 bits per heavy atom. The van der Waals surface area contributed by atoms with Crippen molar-refractivity contribution in [2.75, 3.05) is 0 Å². The molecular formula is C20H22N8O. The number of fused-ring (bicyclic) bond motifs is 1. The van der Waals surface area contributed by atoms with E-state index in [2.05, 4.69) is 44.4 Å². The fraction of sp³-hybridized carbons (Fsp3) is 0.400. The Kier molecular flexibility index (Phi) is 4.42. The second kappa shape index (κ2) is 7.23. The Bertz CT molecular complexity index is 1110. The molecule has 148 valence electrons. The largest absolute Gasteiger partial charge is 0.339 e. The molecule has 0 aliphatic heterocycles. The summed E-state index contributed by atoms with van der Waals surface area (Å²) in [5.74, 6) is 2.54. The van der Waals surface area contributed by atoms with Gasteiger partial charge in [0.15, 0.2) is 5.82 Å². The van der Waals surface area contributed by atoms with Gasteiger partial charge >= 0.3 is 0 Å². The first-order chi connectivity index (χ1) is 14.2. The molecule has 9 heteroatoms. The molecule has 1 unspecified atom stereocenters. The number of hydrogen-bond acceptors (Lipinski definition) is 7. The fourth-order valence-corrected chi connectivity index (χ4v) is 3.72. The highest BCUT2D eigenvalue weighted by atomic mass is 16.5. The van der Waals surface area contributed by atoms with E-state index in [9.17, 15) is 0 Å². The molecule has 1 aliphatic rings. The molecule has 9 nitrogen and oxygen atoms in total. The van der Waals surface area contributed by atoms with Crippen molar-refractivity contribution in [3.8, 4) is 17.3 Å². The lowest BCUT2D eigenvalue weighted by Crippen LogP contribution is -2.18. The molecule has 0 radical (unpaired) electrons. The highest BCUT2D eigenvalue weighted by Crippen LogP contribution is 2.32. The van der Waals surface area contributed by atoms with Gasteiger partial charge in [-0.1, -0.05) is 30.3 Å². The van der Waals surface area contributed by atoms with Gasteiger partial charge in [0.1, 0.15) is 5.69 Å². The molecule has 0 saturated carbocycles. The van der Waals surface area contributed by atoms with Gasteiger partial charge in [-0.05, 0) is 37.0 Å². The van der Waals surface area contributed by atoms with Crippen molar-refractivity contribution in [2.24, 2.45) is 5.92 Å². The molecule has 0 fully saturated rings. The van der Waals surface area contributed by atoms with Crippen LogP contribution in [0.25, 0.3) is 17.3 Å². The Hall–Kier alpha value is -3.36. The minimum absolute atomic E-state index is 0.169. The van der Waals surface area contributed by atoms with E-state index in [-0.39, 0.29) is 5.92 Å². The van der Waals surface area contributed by atoms with Gasteiger partial charge in [-0.2, -0.15) is 10.1 Å². The molecule has 0 amide bonds. The lowest BCUT2D eigenvalue weighted by atomic mass is 9.89. The van der Waals surface area contributed by atoms with E-state index in [4.69, 9.17) is 4.52 Å². The van der Waals surface area contributed by atoms with Crippen LogP contribution >= 0.6 is 0 Å². The summed E-state index contributed by atoms with van der Waals surface area (Å²) in [6, 6.07) is 7.54. The predicted molar refractivity (Wildman–Crippen MR) is 104 cm³/mol. The fourth-order valence-electron chi connectivity index (χ4n) is 3.72. The summed E-state index contributed by atoms with van der Waals surface area (Å²) in [6.45, 7) is 5.24. The van der Waals surface area contributed by atoms with Crippen LogP contribution in [0, 0.1) is 5.92 Å². The quantitative estimate of drug-likeness (QED) is 0.516. The minimum Gasteiger partial charge on any atom is -0.339 e. The zero-order valence-electron chi connectivity index (χ0n) is 16.4. The predicted octanol–water partition coefficient (Wildman–Crippen LogP) is 2.84. The molecule has 4 aromatic rings. The smallest absolute Gasteiger partial charge is 0.230 e. The molecule has 29 heavy (non-hydrogen) atoms. The molecule has 1 aliphatic carbocycles. The number of pyridine rings is 1. The SMILES string of the molecule is CC(C)Cn1nnc2c1CC(c1nc(-c3cccc(-n4cccn4)n3)no1)CC2. The molecule has 0 saturated heterocycles. The lowest BCUT2D eigenvalue weighted by Gasteiger charge is -2.19. The topological polar surface area (TPSA) is 100 Å². The van der Waals surface area contributed by atoms with Crippen molar-refractivity contribution >= 4 is 0 Å². The summed E-state index contributed by atoms with van der Waals surface area (Å²) in [6.07, 6.45) is 6.19. The normalized spacial score (nSPS) is 16.3. The van der Waals surface area contributed by atoms with Crippen LogP contribution in [0.4, 0.5) is 0 Å². The third-order valence-electron chi connectivity index (χ3n) is 5.12. The summed E-state index contributed by atoms with van der Waals surface area (Å²) >= 11 is 0. The number of nitrogens with zero attached hydrogens (tertiary/aromatic N) is 8. The van der Waals surface area contributed by atoms with Crippen LogP contribution in [0.15, 0.2) is 41.2 Å². The van der Waals surface area contributed by atoms with E-state index in [1.165, 1.54) is 5.69 Å². The number of hydrogen-bond donors (Lipinski definition) is 0. The maximum absolute atomic E-state index is 5.63. The van der Waals surface area contributed by atoms with E-state index in [1.54, 1.807) is 10.9 Å². The molecular weight excluding hydrogens is 368 g/mol. The first-order valence-corrected chi connectivity index (χ1v) is 9.89. The van der Waals surface area contributed by atoms with Crippen molar-refractivity contribution in [1.29, 1.82) is 0 Å². The number of rotatable bonds is 5. The van der Waals surface area contributed by atoms with Crippen LogP contribution < -0.4 is 0 Å². The molecule has 4 heterocycles. The molecule has 4 aromatic heterocycles. The van der Waals surface area contributed by atoms with E-state index in [0.29, 0.717) is 29.1 Å². The standard InChI is InChI=1S/C20H22N8O/c1-13(2)12-28-17-11-14(7-8-15(17)24-26-28)20-23-19(25-29-20)16-5-3-6-18(22-16)27-10-4-9-21-27/h3-6,9-10,13-14H,7-8,11-12H2,1-2H3. The Morgan fingerprint density at radius 3 is 2.97 bits per heavy atom. The van der Waals surface area contributed by atoms with Gasteiger partial charge < -0.3 is 4.52 Å². The first kappa shape index (κ1) is 17.7. The summed E-state index contributed by atoms with van der Waals surface area (Å²) in [7, 11) is 0. The minimum atomic E-state index is 0.169. The highest BCUT2D eigenvalue weighted by molar-refractivity contribution is 5.50. The zero-order chi connectivity index (χ0) is 19.8. The number of aromatic nitrogens is 8. The highest BCUT2D eigenvalue weighted by Gasteiger charge is 2.29. The number of aryl methyl sites for hydroxylation is 1. The van der Waals surface area contributed by atoms with Crippen molar-refractivity contribution in [2.45, 2.75) is 45.6 Å². The van der Waals surface area contributed by atoms with Crippen LogP contribution in [-0.2, 0) is 19.4 Å². The van der Waals surface area contributed by atoms with Crippen molar-refractivity contribution in [3.05, 3.63) is 53.9 Å². The van der Waals surface area contributed by atoms with Gasteiger partial charge in [0.05, 0.1) is 11.4 Å². The molecule has 5 rings (SSSR count). The van der Waals surface area contributed by atoms with Gasteiger partial charge in [0.25, 0.3) is 0 Å². The van der Waals surface area contributed by atoms with E-state index in [0.717, 1.165) is 31.5 Å². The van der Waals surface area contributed by atoms with E-state index < -0.39 is 0 Å². The average molecular weight is 390 g/mol. The van der Waals surface area contributed by atoms with Crippen LogP contribution in [0.5, 0.6) is 0 Å². The molecule has 0 aromatic carbocycles. The third-order valence-corrected chi connectivity index (χ3v) is 5.12. The van der Waals surface area contributed by atoms with Crippen LogP contribution in [0.2, 0.25) is 0 Å². The van der Waals surface area contributed by atoms with Crippen molar-refractivity contribution < 1.29 is 4.52 Å². The monoisotopic (exact) mass is 390 g/mol. The Labute approximate surface area is 167 Å². The Balaban J connectivity index is 1.39. The van der Waals surface area contributed by atoms with Gasteiger partial charge in [0, 0.05) is 31.3 Å². The van der Waals surface area contributed by atoms with Crippen molar-refractivity contribution in [1.82, 2.24) is 39.9 Å². The average Bonchev–Trinajstić information content (AvgIpc) is 3.49. The van der Waals surface area contributed by atoms with Crippen LogP contribution in [0.3, 0.4) is 0 Å². The summed E-state index contributed by atoms with van der Waals surface area (Å²) in [4.78, 5) is 9.26. The third kappa shape index (κ3) is 3.43.